The first-order valence-electron chi connectivity index (χ1n) is 9.45. The second-order valence-electron chi connectivity index (χ2n) is 7.42. The summed E-state index contributed by atoms with van der Waals surface area (Å²) in [6, 6.07) is 5.98. The van der Waals surface area contributed by atoms with Crippen molar-refractivity contribution in [2.45, 2.75) is 39.8 Å². The normalized spacial score (nSPS) is 20.6. The number of hydrogen-bond acceptors (Lipinski definition) is 3. The van der Waals surface area contributed by atoms with Gasteiger partial charge in [-0.05, 0) is 24.6 Å². The minimum atomic E-state index is -1.27. The lowest BCUT2D eigenvalue weighted by Crippen LogP contribution is -2.57. The van der Waals surface area contributed by atoms with Crippen molar-refractivity contribution in [2.75, 3.05) is 0 Å². The quantitative estimate of drug-likeness (QED) is 0.628. The molecule has 7 heteroatoms. The van der Waals surface area contributed by atoms with Crippen LogP contribution < -0.4 is 10.6 Å². The summed E-state index contributed by atoms with van der Waals surface area (Å²) in [7, 11) is 0. The van der Waals surface area contributed by atoms with Crippen LogP contribution in [0.3, 0.4) is 0 Å². The summed E-state index contributed by atoms with van der Waals surface area (Å²) < 4.78 is 0.997. The lowest BCUT2D eigenvalue weighted by Gasteiger charge is -2.28. The van der Waals surface area contributed by atoms with E-state index >= 15 is 0 Å². The Bertz CT molecular complexity index is 976. The van der Waals surface area contributed by atoms with Gasteiger partial charge >= 0.3 is 0 Å². The molecular weight excluding hydrogens is 420 g/mol. The van der Waals surface area contributed by atoms with Gasteiger partial charge in [0.15, 0.2) is 0 Å². The van der Waals surface area contributed by atoms with Gasteiger partial charge in [0.2, 0.25) is 5.66 Å². The van der Waals surface area contributed by atoms with Crippen LogP contribution in [-0.4, -0.2) is 28.2 Å². The van der Waals surface area contributed by atoms with Crippen molar-refractivity contribution in [2.24, 2.45) is 16.8 Å². The topological polar surface area (TPSA) is 86.3 Å². The molecule has 1 aromatic heterocycles. The van der Waals surface area contributed by atoms with Gasteiger partial charge in [-0.15, -0.1) is 0 Å². The van der Waals surface area contributed by atoms with Crippen LogP contribution in [0.4, 0.5) is 0 Å². The Morgan fingerprint density at radius 2 is 2.11 bits per heavy atom. The van der Waals surface area contributed by atoms with Crippen LogP contribution >= 0.6 is 15.9 Å². The van der Waals surface area contributed by atoms with E-state index in [2.05, 4.69) is 36.5 Å². The van der Waals surface area contributed by atoms with Crippen LogP contribution in [0, 0.1) is 11.8 Å². The number of benzene rings is 1. The third-order valence-electron chi connectivity index (χ3n) is 5.25. The second-order valence-corrected chi connectivity index (χ2v) is 8.34. The molecule has 1 aliphatic rings. The second kappa shape index (κ2) is 7.91. The lowest BCUT2D eigenvalue weighted by atomic mass is 9.96. The maximum Gasteiger partial charge on any atom is 0.272 e. The molecule has 0 spiro atoms. The Morgan fingerprint density at radius 3 is 2.79 bits per heavy atom. The third-order valence-corrected chi connectivity index (χ3v) is 5.74. The Balaban J connectivity index is 1.81. The number of aromatic nitrogens is 1. The Morgan fingerprint density at radius 1 is 1.36 bits per heavy atom. The predicted octanol–water partition coefficient (Wildman–Crippen LogP) is 3.99. The summed E-state index contributed by atoms with van der Waals surface area (Å²) in [6.07, 6.45) is 6.10. The fourth-order valence-corrected chi connectivity index (χ4v) is 3.61. The number of nitrogens with one attached hydrogen (secondary N) is 3. The Kier molecular flexibility index (Phi) is 5.74. The molecule has 0 saturated heterocycles. The van der Waals surface area contributed by atoms with E-state index < -0.39 is 5.66 Å². The number of nitrogens with zero attached hydrogens (tertiary/aromatic N) is 1. The van der Waals surface area contributed by atoms with E-state index in [1.54, 1.807) is 6.20 Å². The van der Waals surface area contributed by atoms with Gasteiger partial charge in [0, 0.05) is 45.2 Å². The zero-order valence-corrected chi connectivity index (χ0v) is 18.1. The van der Waals surface area contributed by atoms with Crippen molar-refractivity contribution < 1.29 is 9.59 Å². The molecule has 2 heterocycles. The first-order chi connectivity index (χ1) is 13.3. The van der Waals surface area contributed by atoms with Gasteiger partial charge in [-0.2, -0.15) is 0 Å². The first kappa shape index (κ1) is 20.3. The monoisotopic (exact) mass is 444 g/mol. The van der Waals surface area contributed by atoms with E-state index in [0.717, 1.165) is 27.4 Å². The lowest BCUT2D eigenvalue weighted by molar-refractivity contribution is -0.131. The third kappa shape index (κ3) is 3.63. The van der Waals surface area contributed by atoms with Crippen molar-refractivity contribution in [3.05, 3.63) is 40.6 Å². The molecule has 0 radical (unpaired) electrons. The maximum atomic E-state index is 12.9. The Hall–Kier alpha value is -2.41. The number of aromatic amines is 1. The van der Waals surface area contributed by atoms with Gasteiger partial charge in [-0.1, -0.05) is 49.7 Å². The molecule has 1 aromatic carbocycles. The molecule has 2 unspecified atom stereocenters. The van der Waals surface area contributed by atoms with Crippen molar-refractivity contribution in [1.29, 1.82) is 0 Å². The number of amides is 2. The predicted molar refractivity (Wildman–Crippen MR) is 116 cm³/mol. The molecule has 6 nitrogen and oxygen atoms in total. The fraction of sp³-hybridized carbons (Fsp3) is 0.381. The average molecular weight is 445 g/mol. The summed E-state index contributed by atoms with van der Waals surface area (Å²) in [5.74, 6) is -0.774. The van der Waals surface area contributed by atoms with Crippen LogP contribution in [0.2, 0.25) is 0 Å². The zero-order chi connectivity index (χ0) is 20.5. The highest BCUT2D eigenvalue weighted by Gasteiger charge is 2.48. The summed E-state index contributed by atoms with van der Waals surface area (Å²) in [5.41, 5.74) is 1.13. The molecule has 3 N–H and O–H groups in total. The number of aliphatic imine (C=N–C) groups is 1. The molecule has 2 amide bonds. The van der Waals surface area contributed by atoms with Crippen LogP contribution in [0.15, 0.2) is 40.1 Å². The number of H-pyrrole nitrogens is 1. The summed E-state index contributed by atoms with van der Waals surface area (Å²) in [4.78, 5) is 33.1. The van der Waals surface area contributed by atoms with Crippen LogP contribution in [-0.2, 0) is 9.59 Å². The van der Waals surface area contributed by atoms with Crippen LogP contribution in [0.25, 0.3) is 17.0 Å². The highest BCUT2D eigenvalue weighted by Crippen LogP contribution is 2.27. The smallest absolute Gasteiger partial charge is 0.272 e. The maximum absolute atomic E-state index is 12.9. The average Bonchev–Trinajstić information content (AvgIpc) is 3.22. The van der Waals surface area contributed by atoms with Crippen molar-refractivity contribution in [3.8, 4) is 0 Å². The summed E-state index contributed by atoms with van der Waals surface area (Å²) in [6.45, 7) is 7.70. The highest BCUT2D eigenvalue weighted by atomic mass is 79.9. The van der Waals surface area contributed by atoms with Crippen molar-refractivity contribution in [1.82, 2.24) is 15.6 Å². The number of carbonyl (C=O) groups excluding carboxylic acids is 2. The van der Waals surface area contributed by atoms with Gasteiger partial charge in [-0.25, -0.2) is 4.99 Å². The van der Waals surface area contributed by atoms with E-state index in [-0.39, 0.29) is 23.7 Å². The zero-order valence-electron chi connectivity index (χ0n) is 16.5. The van der Waals surface area contributed by atoms with Crippen molar-refractivity contribution in [3.63, 3.8) is 0 Å². The van der Waals surface area contributed by atoms with E-state index in [9.17, 15) is 9.59 Å². The molecule has 2 aromatic rings. The standard InChI is InChI=1S/C21H25BrN4O2/c1-5-13(4)18-19(27)26-21(25-18,12(2)3)20(28)23-9-8-14-11-24-17-10-15(22)6-7-16(14)17/h6-13,24H,5H2,1-4H3,(H,23,28)(H,26,27). The molecule has 0 fully saturated rings. The first-order valence-corrected chi connectivity index (χ1v) is 10.2. The van der Waals surface area contributed by atoms with Gasteiger partial charge in [0.25, 0.3) is 11.8 Å². The van der Waals surface area contributed by atoms with Crippen LogP contribution in [0.1, 0.15) is 39.7 Å². The number of hydrogen-bond donors (Lipinski definition) is 3. The summed E-state index contributed by atoms with van der Waals surface area (Å²) >= 11 is 3.45. The number of rotatable bonds is 6. The fourth-order valence-electron chi connectivity index (χ4n) is 3.25. The van der Waals surface area contributed by atoms with Gasteiger partial charge < -0.3 is 15.6 Å². The van der Waals surface area contributed by atoms with Crippen molar-refractivity contribution >= 4 is 50.4 Å². The minimum absolute atomic E-state index is 0.00881. The van der Waals surface area contributed by atoms with Gasteiger partial charge in [-0.3, -0.25) is 9.59 Å². The van der Waals surface area contributed by atoms with Crippen LogP contribution in [0.5, 0.6) is 0 Å². The highest BCUT2D eigenvalue weighted by molar-refractivity contribution is 9.10. The van der Waals surface area contributed by atoms with Gasteiger partial charge in [0.05, 0.1) is 0 Å². The molecule has 148 valence electrons. The molecule has 0 bridgehead atoms. The number of fused-ring (bicyclic) bond motifs is 1. The molecule has 1 aliphatic heterocycles. The molecular formula is C21H25BrN4O2. The Labute approximate surface area is 173 Å². The minimum Gasteiger partial charge on any atom is -0.361 e. The molecule has 0 saturated carbocycles. The number of halogens is 1. The van der Waals surface area contributed by atoms with E-state index in [4.69, 9.17) is 0 Å². The molecule has 28 heavy (non-hydrogen) atoms. The molecule has 0 aliphatic carbocycles. The number of carbonyl (C=O) groups is 2. The molecule has 2 atom stereocenters. The SMILES string of the molecule is CCC(C)C1=NC(C(=O)NC=Cc2c[nH]c3cc(Br)ccc23)(C(C)C)NC1=O. The van der Waals surface area contributed by atoms with E-state index in [1.807, 2.05) is 58.2 Å². The van der Waals surface area contributed by atoms with Gasteiger partial charge in [0.1, 0.15) is 5.71 Å². The summed E-state index contributed by atoms with van der Waals surface area (Å²) in [5, 5.41) is 6.66. The molecule has 3 rings (SSSR count). The van der Waals surface area contributed by atoms with E-state index in [0.29, 0.717) is 5.71 Å². The van der Waals surface area contributed by atoms with E-state index in [1.165, 1.54) is 0 Å². The largest absolute Gasteiger partial charge is 0.361 e.